The number of rotatable bonds is 11. The Morgan fingerprint density at radius 2 is 0.442 bits per heavy atom. The molecule has 0 unspecified atom stereocenters. The van der Waals surface area contributed by atoms with Crippen LogP contribution in [-0.4, -0.2) is 42.8 Å². The zero-order chi connectivity index (χ0) is 74.5. The van der Waals surface area contributed by atoms with Gasteiger partial charge in [0.1, 0.15) is 5.82 Å². The fraction of sp³-hybridized carbons (Fsp3) is 0. The largest absolute Gasteiger partial charge is 0.309 e. The SMILES string of the molecule is c1ccc(-c2cc(-c3ccccc3)nc(-n3c4ccccc4c4cc(-c5ccc6c(c5)c5ccccc5n6-c5ccc6c(c5)c5ccccc5n6-c5ccccc5)ccc43)c2)cc1.c1ccc(-c2nc(-c3ccccc3)nc(-n3c4ccccc4c4cc(-c5ccc6c(c5)c5ccccc5n6-c5ccccc5)ccc43)n2)cc1. The Labute approximate surface area is 650 Å². The van der Waals surface area contributed by atoms with Crippen molar-refractivity contribution in [1.29, 1.82) is 0 Å². The second kappa shape index (κ2) is 26.8. The number of fused-ring (bicyclic) bond motifs is 15. The summed E-state index contributed by atoms with van der Waals surface area (Å²) in [7, 11) is 0. The summed E-state index contributed by atoms with van der Waals surface area (Å²) >= 11 is 0. The molecule has 113 heavy (non-hydrogen) atoms. The van der Waals surface area contributed by atoms with Gasteiger partial charge in [-0.3, -0.25) is 9.13 Å². The first-order valence-electron chi connectivity index (χ1n) is 38.3. The third kappa shape index (κ3) is 11.0. The molecule has 7 aromatic heterocycles. The van der Waals surface area contributed by atoms with Gasteiger partial charge in [0.25, 0.3) is 0 Å². The lowest BCUT2D eigenvalue weighted by molar-refractivity contribution is 0.953. The monoisotopic (exact) mass is 1440 g/mol. The minimum Gasteiger partial charge on any atom is -0.309 e. The fourth-order valence-electron chi connectivity index (χ4n) is 17.2. The molecular formula is C104H67N9. The van der Waals surface area contributed by atoms with Crippen molar-refractivity contribution in [2.75, 3.05) is 0 Å². The molecule has 0 radical (unpaired) electrons. The normalized spacial score (nSPS) is 11.7. The van der Waals surface area contributed by atoms with Crippen molar-refractivity contribution < 1.29 is 0 Å². The molecule has 0 spiro atoms. The Balaban J connectivity index is 0.000000142. The maximum absolute atomic E-state index is 5.35. The summed E-state index contributed by atoms with van der Waals surface area (Å²) < 4.78 is 11.7. The van der Waals surface area contributed by atoms with Gasteiger partial charge >= 0.3 is 0 Å². The molecule has 9 nitrogen and oxygen atoms in total. The van der Waals surface area contributed by atoms with Crippen LogP contribution < -0.4 is 0 Å². The first-order valence-corrected chi connectivity index (χ1v) is 38.3. The highest BCUT2D eigenvalue weighted by molar-refractivity contribution is 6.16. The summed E-state index contributed by atoms with van der Waals surface area (Å²) in [4.78, 5) is 20.4. The Bertz CT molecular complexity index is 7530. The van der Waals surface area contributed by atoms with E-state index in [4.69, 9.17) is 19.9 Å². The van der Waals surface area contributed by atoms with Gasteiger partial charge in [0.15, 0.2) is 11.6 Å². The van der Waals surface area contributed by atoms with Crippen LogP contribution in [0.15, 0.2) is 406 Å². The van der Waals surface area contributed by atoms with Crippen LogP contribution in [0.3, 0.4) is 0 Å². The third-order valence-corrected chi connectivity index (χ3v) is 22.4. The topological polar surface area (TPSA) is 76.2 Å². The van der Waals surface area contributed by atoms with Gasteiger partial charge in [0.05, 0.1) is 60.9 Å². The van der Waals surface area contributed by atoms with E-state index in [2.05, 4.69) is 369 Å². The van der Waals surface area contributed by atoms with Crippen molar-refractivity contribution in [3.63, 3.8) is 0 Å². The predicted octanol–water partition coefficient (Wildman–Crippen LogP) is 26.4. The Hall–Kier alpha value is -15.3. The maximum Gasteiger partial charge on any atom is 0.238 e. The molecule has 0 aliphatic carbocycles. The highest BCUT2D eigenvalue weighted by Crippen LogP contribution is 2.44. The molecule has 528 valence electrons. The molecule has 0 aliphatic rings. The molecular weight excluding hydrogens is 1380 g/mol. The minimum atomic E-state index is 0.590. The van der Waals surface area contributed by atoms with E-state index >= 15 is 0 Å². The third-order valence-electron chi connectivity index (χ3n) is 22.4. The van der Waals surface area contributed by atoms with Gasteiger partial charge in [-0.15, -0.1) is 0 Å². The average Bonchev–Trinajstić information content (AvgIpc) is 1.59. The van der Waals surface area contributed by atoms with Gasteiger partial charge < -0.3 is 13.7 Å². The molecule has 23 aromatic rings. The lowest BCUT2D eigenvalue weighted by Gasteiger charge is -2.13. The molecule has 7 heterocycles. The second-order valence-corrected chi connectivity index (χ2v) is 28.9. The van der Waals surface area contributed by atoms with E-state index in [0.717, 1.165) is 94.8 Å². The molecule has 0 bridgehead atoms. The van der Waals surface area contributed by atoms with Crippen LogP contribution in [0.1, 0.15) is 0 Å². The number of nitrogens with zero attached hydrogens (tertiary/aromatic N) is 9. The Morgan fingerprint density at radius 3 is 0.850 bits per heavy atom. The van der Waals surface area contributed by atoms with E-state index in [1.165, 1.54) is 92.9 Å². The van der Waals surface area contributed by atoms with Crippen molar-refractivity contribution in [2.45, 2.75) is 0 Å². The standard InChI is InChI=1S/C59H38N4.C45H29N5/c1-4-16-39(17-5-1)43-36-52(40-18-6-2-7-19-40)60-59(37-43)63-55-27-15-12-23-47(55)50-35-42(29-32-58(50)63)41-28-31-56-49(34-41)46-22-10-14-26-54(46)62(56)45-30-33-57-51(38-45)48-24-11-13-25-53(48)61(57)44-20-8-3-9-21-44;1-4-14-30(15-5-1)43-46-44(31-16-6-2-7-17-31)48-45(47-43)50-40-23-13-11-21-36(40)38-29-33(25-27-42(38)50)32-24-26-41-37(28-32)35-20-10-12-22-39(35)49(41)34-18-8-3-9-19-34/h1-38H;1-29H. The van der Waals surface area contributed by atoms with Crippen LogP contribution in [0.25, 0.3) is 205 Å². The van der Waals surface area contributed by atoms with E-state index in [9.17, 15) is 0 Å². The van der Waals surface area contributed by atoms with Crippen LogP contribution in [0.4, 0.5) is 0 Å². The van der Waals surface area contributed by atoms with Crippen molar-refractivity contribution in [3.05, 3.63) is 406 Å². The van der Waals surface area contributed by atoms with Crippen LogP contribution in [0.2, 0.25) is 0 Å². The molecule has 0 amide bonds. The lowest BCUT2D eigenvalue weighted by atomic mass is 10.0. The van der Waals surface area contributed by atoms with E-state index in [-0.39, 0.29) is 0 Å². The highest BCUT2D eigenvalue weighted by Gasteiger charge is 2.23. The van der Waals surface area contributed by atoms with Gasteiger partial charge in [-0.2, -0.15) is 9.97 Å². The quantitative estimate of drug-likeness (QED) is 0.129. The van der Waals surface area contributed by atoms with E-state index < -0.39 is 0 Å². The average molecular weight is 1440 g/mol. The summed E-state index contributed by atoms with van der Waals surface area (Å²) in [5.74, 6) is 2.76. The smallest absolute Gasteiger partial charge is 0.238 e. The van der Waals surface area contributed by atoms with Gasteiger partial charge in [-0.05, 0) is 167 Å². The minimum absolute atomic E-state index is 0.590. The number of hydrogen-bond donors (Lipinski definition) is 0. The zero-order valence-electron chi connectivity index (χ0n) is 61.2. The number of aromatic nitrogens is 9. The van der Waals surface area contributed by atoms with Gasteiger partial charge in [-0.1, -0.05) is 273 Å². The van der Waals surface area contributed by atoms with Crippen LogP contribution in [0, 0.1) is 0 Å². The van der Waals surface area contributed by atoms with Crippen LogP contribution in [-0.2, 0) is 0 Å². The lowest BCUT2D eigenvalue weighted by Crippen LogP contribution is -2.06. The van der Waals surface area contributed by atoms with Crippen molar-refractivity contribution in [1.82, 2.24) is 42.8 Å². The number of para-hydroxylation sites is 7. The number of benzene rings is 16. The van der Waals surface area contributed by atoms with Crippen molar-refractivity contribution in [3.8, 4) is 96.2 Å². The first-order chi connectivity index (χ1) is 56.0. The predicted molar refractivity (Wildman–Crippen MR) is 468 cm³/mol. The number of pyridine rings is 1. The number of hydrogen-bond acceptors (Lipinski definition) is 4. The van der Waals surface area contributed by atoms with E-state index in [0.29, 0.717) is 17.6 Å². The first kappa shape index (κ1) is 64.8. The molecule has 0 atom stereocenters. The summed E-state index contributed by atoms with van der Waals surface area (Å²) in [6.45, 7) is 0. The molecule has 0 fully saturated rings. The molecule has 23 rings (SSSR count). The van der Waals surface area contributed by atoms with Gasteiger partial charge in [-0.25, -0.2) is 9.97 Å². The van der Waals surface area contributed by atoms with Crippen molar-refractivity contribution >= 4 is 109 Å². The molecule has 0 N–H and O–H groups in total. The summed E-state index contributed by atoms with van der Waals surface area (Å²) in [5.41, 5.74) is 25.9. The molecule has 0 aliphatic heterocycles. The van der Waals surface area contributed by atoms with E-state index in [1.807, 2.05) is 60.7 Å². The van der Waals surface area contributed by atoms with Gasteiger partial charge in [0, 0.05) is 87.6 Å². The summed E-state index contributed by atoms with van der Waals surface area (Å²) in [5, 5.41) is 12.1. The summed E-state index contributed by atoms with van der Waals surface area (Å²) in [6, 6.07) is 145. The Kier molecular flexibility index (Phi) is 15.4. The molecule has 16 aromatic carbocycles. The second-order valence-electron chi connectivity index (χ2n) is 28.9. The molecule has 0 saturated heterocycles. The maximum atomic E-state index is 5.35. The van der Waals surface area contributed by atoms with E-state index in [1.54, 1.807) is 0 Å². The zero-order valence-corrected chi connectivity index (χ0v) is 61.2. The van der Waals surface area contributed by atoms with Crippen LogP contribution >= 0.6 is 0 Å². The Morgan fingerprint density at radius 1 is 0.150 bits per heavy atom. The van der Waals surface area contributed by atoms with Crippen LogP contribution in [0.5, 0.6) is 0 Å². The molecule has 9 heteroatoms. The van der Waals surface area contributed by atoms with Gasteiger partial charge in [0.2, 0.25) is 5.95 Å². The fourth-order valence-corrected chi connectivity index (χ4v) is 17.2. The highest BCUT2D eigenvalue weighted by atomic mass is 15.2. The van der Waals surface area contributed by atoms with Crippen molar-refractivity contribution in [2.24, 2.45) is 0 Å². The summed E-state index contributed by atoms with van der Waals surface area (Å²) in [6.07, 6.45) is 0. The molecule has 0 saturated carbocycles.